The molecule has 0 aliphatic carbocycles. The van der Waals surface area contributed by atoms with E-state index in [1.54, 1.807) is 4.90 Å². The molecule has 1 aliphatic rings. The molecule has 4 rings (SSSR count). The van der Waals surface area contributed by atoms with Gasteiger partial charge in [-0.15, -0.1) is 0 Å². The van der Waals surface area contributed by atoms with Gasteiger partial charge in [-0.25, -0.2) is 13.4 Å². The molecule has 36 heavy (non-hydrogen) atoms. The third-order valence-electron chi connectivity index (χ3n) is 5.92. The minimum absolute atomic E-state index is 0.142. The van der Waals surface area contributed by atoms with Gasteiger partial charge in [0, 0.05) is 37.6 Å². The second kappa shape index (κ2) is 12.3. The number of anilines is 1. The molecule has 0 N–H and O–H groups in total. The van der Waals surface area contributed by atoms with Gasteiger partial charge in [0.1, 0.15) is 11.3 Å². The number of carbonyl (C=O) groups excluding carboxylic acids is 1. The Morgan fingerprint density at radius 1 is 1.19 bits per heavy atom. The topological polar surface area (TPSA) is 89.0 Å². The summed E-state index contributed by atoms with van der Waals surface area (Å²) in [6.07, 6.45) is 0.598. The number of amides is 1. The highest BCUT2D eigenvalue weighted by atomic mass is 35.5. The van der Waals surface area contributed by atoms with Crippen LogP contribution >= 0.6 is 22.9 Å². The summed E-state index contributed by atoms with van der Waals surface area (Å²) in [5.41, 5.74) is 0.708. The van der Waals surface area contributed by atoms with Crippen LogP contribution in [0.5, 0.6) is 5.75 Å². The highest BCUT2D eigenvalue weighted by Gasteiger charge is 2.24. The van der Waals surface area contributed by atoms with Crippen molar-refractivity contribution in [1.29, 1.82) is 0 Å². The Morgan fingerprint density at radius 2 is 1.94 bits per heavy atom. The molecule has 2 aromatic carbocycles. The minimum Gasteiger partial charge on any atom is -0.492 e. The molecule has 2 heterocycles. The van der Waals surface area contributed by atoms with Gasteiger partial charge in [-0.2, -0.15) is 0 Å². The van der Waals surface area contributed by atoms with Crippen molar-refractivity contribution in [2.24, 2.45) is 0 Å². The molecule has 1 amide bonds. The average Bonchev–Trinajstić information content (AvgIpc) is 3.31. The summed E-state index contributed by atoms with van der Waals surface area (Å²) in [7, 11) is -3.63. The van der Waals surface area contributed by atoms with Crippen molar-refractivity contribution in [3.05, 3.63) is 47.5 Å². The van der Waals surface area contributed by atoms with E-state index >= 15 is 0 Å². The smallest absolute Gasteiger partial charge is 0.229 e. The normalized spacial score (nSPS) is 14.7. The maximum atomic E-state index is 13.4. The van der Waals surface area contributed by atoms with E-state index in [9.17, 15) is 13.2 Å². The zero-order valence-corrected chi connectivity index (χ0v) is 22.6. The molecule has 1 aromatic heterocycles. The number of halogens is 1. The largest absolute Gasteiger partial charge is 0.492 e. The number of morpholine rings is 1. The van der Waals surface area contributed by atoms with Gasteiger partial charge >= 0.3 is 0 Å². The number of benzene rings is 2. The molecule has 11 heteroatoms. The Balaban J connectivity index is 1.52. The number of para-hydroxylation sites is 1. The van der Waals surface area contributed by atoms with Crippen LogP contribution in [-0.4, -0.2) is 76.0 Å². The van der Waals surface area contributed by atoms with Crippen molar-refractivity contribution in [2.45, 2.75) is 24.7 Å². The lowest BCUT2D eigenvalue weighted by Crippen LogP contribution is -2.39. The highest BCUT2D eigenvalue weighted by Crippen LogP contribution is 2.34. The van der Waals surface area contributed by atoms with Crippen LogP contribution in [0.25, 0.3) is 10.2 Å². The van der Waals surface area contributed by atoms with E-state index in [1.807, 2.05) is 25.1 Å². The predicted molar refractivity (Wildman–Crippen MR) is 143 cm³/mol. The lowest BCUT2D eigenvalue weighted by molar-refractivity contribution is -0.118. The summed E-state index contributed by atoms with van der Waals surface area (Å²) in [5.74, 6) is 0.109. The average molecular weight is 552 g/mol. The van der Waals surface area contributed by atoms with Crippen molar-refractivity contribution in [3.63, 3.8) is 0 Å². The Hall–Kier alpha value is -2.24. The van der Waals surface area contributed by atoms with Crippen LogP contribution in [0.2, 0.25) is 5.02 Å². The first-order chi connectivity index (χ1) is 17.4. The van der Waals surface area contributed by atoms with Crippen molar-refractivity contribution in [3.8, 4) is 5.75 Å². The monoisotopic (exact) mass is 551 g/mol. The number of fused-ring (bicyclic) bond motifs is 1. The van der Waals surface area contributed by atoms with Crippen LogP contribution in [0.1, 0.15) is 19.8 Å². The molecule has 1 fully saturated rings. The van der Waals surface area contributed by atoms with Gasteiger partial charge in [0.05, 0.1) is 35.2 Å². The molecule has 8 nitrogen and oxygen atoms in total. The lowest BCUT2D eigenvalue weighted by atomic mass is 10.3. The number of nitrogens with zero attached hydrogens (tertiary/aromatic N) is 3. The van der Waals surface area contributed by atoms with E-state index in [0.29, 0.717) is 47.8 Å². The van der Waals surface area contributed by atoms with Crippen molar-refractivity contribution in [2.75, 3.05) is 56.7 Å². The van der Waals surface area contributed by atoms with E-state index in [4.69, 9.17) is 26.1 Å². The molecular formula is C25H30ClN3O5S2. The standard InChI is InChI=1S/C25H30ClN3O5S2/c1-2-34-21-5-3-6-22-24(21)27-25(35-22)29(13-4-12-28-14-16-33-17-15-28)23(30)11-18-36(31,32)20-9-7-19(26)8-10-20/h3,5-10H,2,4,11-18H2,1H3. The predicted octanol–water partition coefficient (Wildman–Crippen LogP) is 4.27. The Morgan fingerprint density at radius 3 is 2.67 bits per heavy atom. The number of carbonyl (C=O) groups is 1. The van der Waals surface area contributed by atoms with Gasteiger partial charge in [-0.05, 0) is 49.7 Å². The van der Waals surface area contributed by atoms with Crippen molar-refractivity contribution >= 4 is 54.0 Å². The van der Waals surface area contributed by atoms with Crippen LogP contribution in [0, 0.1) is 0 Å². The van der Waals surface area contributed by atoms with E-state index in [-0.39, 0.29) is 23.0 Å². The minimum atomic E-state index is -3.63. The molecule has 0 unspecified atom stereocenters. The van der Waals surface area contributed by atoms with Crippen molar-refractivity contribution < 1.29 is 22.7 Å². The van der Waals surface area contributed by atoms with Gasteiger partial charge in [0.2, 0.25) is 5.91 Å². The number of aromatic nitrogens is 1. The number of sulfone groups is 1. The summed E-state index contributed by atoms with van der Waals surface area (Å²) in [6.45, 7) is 6.85. The summed E-state index contributed by atoms with van der Waals surface area (Å²) in [5, 5.41) is 1.01. The van der Waals surface area contributed by atoms with E-state index < -0.39 is 9.84 Å². The van der Waals surface area contributed by atoms with Crippen LogP contribution in [0.15, 0.2) is 47.4 Å². The van der Waals surface area contributed by atoms with Gasteiger partial charge in [0.15, 0.2) is 15.0 Å². The molecule has 0 bridgehead atoms. The zero-order chi connectivity index (χ0) is 25.5. The lowest BCUT2D eigenvalue weighted by Gasteiger charge is -2.27. The first-order valence-electron chi connectivity index (χ1n) is 12.0. The molecule has 0 spiro atoms. The summed E-state index contributed by atoms with van der Waals surface area (Å²) >= 11 is 7.29. The van der Waals surface area contributed by atoms with Crippen LogP contribution in [-0.2, 0) is 19.4 Å². The van der Waals surface area contributed by atoms with Crippen molar-refractivity contribution in [1.82, 2.24) is 9.88 Å². The quantitative estimate of drug-likeness (QED) is 0.351. The first kappa shape index (κ1) is 26.8. The van der Waals surface area contributed by atoms with E-state index in [2.05, 4.69) is 4.90 Å². The Bertz CT molecular complexity index is 1270. The fourth-order valence-electron chi connectivity index (χ4n) is 4.02. The molecular weight excluding hydrogens is 522 g/mol. The van der Waals surface area contributed by atoms with Gasteiger partial charge in [-0.1, -0.05) is 29.0 Å². The van der Waals surface area contributed by atoms with Gasteiger partial charge < -0.3 is 9.47 Å². The molecule has 3 aromatic rings. The molecule has 0 saturated carbocycles. The Kier molecular flexibility index (Phi) is 9.19. The molecule has 0 radical (unpaired) electrons. The Labute approximate surface area is 220 Å². The van der Waals surface area contributed by atoms with Crippen LogP contribution in [0.3, 0.4) is 0 Å². The van der Waals surface area contributed by atoms with E-state index in [1.165, 1.54) is 35.6 Å². The molecule has 1 aliphatic heterocycles. The third-order valence-corrected chi connectivity index (χ3v) is 8.95. The summed E-state index contributed by atoms with van der Waals surface area (Å²) in [4.78, 5) is 22.2. The van der Waals surface area contributed by atoms with Crippen LogP contribution < -0.4 is 9.64 Å². The highest BCUT2D eigenvalue weighted by molar-refractivity contribution is 7.91. The van der Waals surface area contributed by atoms with E-state index in [0.717, 1.165) is 30.8 Å². The SMILES string of the molecule is CCOc1cccc2sc(N(CCCN3CCOCC3)C(=O)CCS(=O)(=O)c3ccc(Cl)cc3)nc12. The second-order valence-electron chi connectivity index (χ2n) is 8.41. The maximum absolute atomic E-state index is 13.4. The molecule has 0 atom stereocenters. The molecule has 1 saturated heterocycles. The number of hydrogen-bond donors (Lipinski definition) is 0. The third kappa shape index (κ3) is 6.74. The fraction of sp³-hybridized carbons (Fsp3) is 0.440. The van der Waals surface area contributed by atoms with Gasteiger partial charge in [0.25, 0.3) is 0 Å². The second-order valence-corrected chi connectivity index (χ2v) is 12.0. The molecule has 194 valence electrons. The maximum Gasteiger partial charge on any atom is 0.229 e. The van der Waals surface area contributed by atoms with Gasteiger partial charge in [-0.3, -0.25) is 14.6 Å². The number of hydrogen-bond acceptors (Lipinski definition) is 8. The number of thiazole rings is 1. The zero-order valence-electron chi connectivity index (χ0n) is 20.2. The fourth-order valence-corrected chi connectivity index (χ4v) is 6.40. The van der Waals surface area contributed by atoms with Crippen LogP contribution in [0.4, 0.5) is 5.13 Å². The number of ether oxygens (including phenoxy) is 2. The number of rotatable bonds is 11. The summed E-state index contributed by atoms with van der Waals surface area (Å²) in [6, 6.07) is 11.7. The first-order valence-corrected chi connectivity index (χ1v) is 14.8. The summed E-state index contributed by atoms with van der Waals surface area (Å²) < 4.78 is 37.7.